The number of hydrogen-bond donors (Lipinski definition) is 2. The first kappa shape index (κ1) is 16.9. The van der Waals surface area contributed by atoms with Crippen molar-refractivity contribution in [1.82, 2.24) is 0 Å². The molecular formula is C20H22O4. The summed E-state index contributed by atoms with van der Waals surface area (Å²) in [7, 11) is 0. The summed E-state index contributed by atoms with van der Waals surface area (Å²) in [6.45, 7) is 0.729. The largest absolute Gasteiger partial charge is 0.387 e. The van der Waals surface area contributed by atoms with Gasteiger partial charge in [-0.15, -0.1) is 0 Å². The van der Waals surface area contributed by atoms with E-state index in [9.17, 15) is 10.2 Å². The molecule has 2 N–H and O–H groups in total. The first-order valence-corrected chi connectivity index (χ1v) is 8.09. The summed E-state index contributed by atoms with van der Waals surface area (Å²) in [5, 5.41) is 20.6. The molecule has 2 aromatic rings. The molecule has 4 heteroatoms. The van der Waals surface area contributed by atoms with Crippen LogP contribution >= 0.6 is 0 Å². The van der Waals surface area contributed by atoms with Crippen LogP contribution in [0.15, 0.2) is 72.8 Å². The van der Waals surface area contributed by atoms with Gasteiger partial charge in [-0.25, -0.2) is 0 Å². The third kappa shape index (κ3) is 4.30. The number of rotatable bonds is 6. The van der Waals surface area contributed by atoms with Crippen molar-refractivity contribution in [3.05, 3.63) is 83.9 Å². The molecule has 0 aromatic heterocycles. The number of aliphatic hydroxyl groups excluding tert-OH is 2. The molecule has 0 aliphatic heterocycles. The SMILES string of the molecule is O[C@H]1[C@H](OCc2ccccc2)[C@@H](O)C=C[C@@H]1OCc1ccccc1. The molecule has 0 unspecified atom stereocenters. The van der Waals surface area contributed by atoms with Gasteiger partial charge >= 0.3 is 0 Å². The molecule has 0 saturated carbocycles. The number of hydrogen-bond acceptors (Lipinski definition) is 4. The predicted molar refractivity (Wildman–Crippen MR) is 91.2 cm³/mol. The Morgan fingerprint density at radius 3 is 1.83 bits per heavy atom. The van der Waals surface area contributed by atoms with Crippen molar-refractivity contribution in [2.75, 3.05) is 0 Å². The van der Waals surface area contributed by atoms with Crippen molar-refractivity contribution in [2.45, 2.75) is 37.6 Å². The van der Waals surface area contributed by atoms with Gasteiger partial charge in [0.05, 0.1) is 13.2 Å². The fraction of sp³-hybridized carbons (Fsp3) is 0.300. The summed E-state index contributed by atoms with van der Waals surface area (Å²) in [5.41, 5.74) is 2.03. The third-order valence-corrected chi connectivity index (χ3v) is 4.08. The zero-order chi connectivity index (χ0) is 16.8. The lowest BCUT2D eigenvalue weighted by Crippen LogP contribution is -2.48. The number of aliphatic hydroxyl groups is 2. The van der Waals surface area contributed by atoms with Crippen LogP contribution in [-0.4, -0.2) is 34.6 Å². The molecule has 0 fully saturated rings. The van der Waals surface area contributed by atoms with Gasteiger partial charge in [-0.2, -0.15) is 0 Å². The number of ether oxygens (including phenoxy) is 2. The van der Waals surface area contributed by atoms with E-state index in [-0.39, 0.29) is 0 Å². The zero-order valence-corrected chi connectivity index (χ0v) is 13.4. The maximum absolute atomic E-state index is 10.5. The number of benzene rings is 2. The van der Waals surface area contributed by atoms with Crippen LogP contribution in [0.1, 0.15) is 11.1 Å². The minimum atomic E-state index is -0.919. The van der Waals surface area contributed by atoms with Gasteiger partial charge < -0.3 is 19.7 Å². The van der Waals surface area contributed by atoms with Gasteiger partial charge in [-0.05, 0) is 11.1 Å². The summed E-state index contributed by atoms with van der Waals surface area (Å²) in [5.74, 6) is 0. The van der Waals surface area contributed by atoms with Crippen LogP contribution in [0.2, 0.25) is 0 Å². The highest BCUT2D eigenvalue weighted by molar-refractivity contribution is 5.16. The van der Waals surface area contributed by atoms with Gasteiger partial charge in [0.15, 0.2) is 0 Å². The maximum atomic E-state index is 10.5. The Bertz CT molecular complexity index is 641. The molecule has 4 atom stereocenters. The molecule has 0 radical (unpaired) electrons. The van der Waals surface area contributed by atoms with Crippen molar-refractivity contribution in [3.63, 3.8) is 0 Å². The Morgan fingerprint density at radius 2 is 1.25 bits per heavy atom. The maximum Gasteiger partial charge on any atom is 0.116 e. The second-order valence-corrected chi connectivity index (χ2v) is 5.89. The Balaban J connectivity index is 1.58. The minimum Gasteiger partial charge on any atom is -0.387 e. The van der Waals surface area contributed by atoms with Crippen LogP contribution in [0.5, 0.6) is 0 Å². The van der Waals surface area contributed by atoms with E-state index >= 15 is 0 Å². The smallest absolute Gasteiger partial charge is 0.116 e. The van der Waals surface area contributed by atoms with Gasteiger partial charge in [0, 0.05) is 0 Å². The average Bonchev–Trinajstić information content (AvgIpc) is 2.63. The summed E-state index contributed by atoms with van der Waals surface area (Å²) < 4.78 is 11.5. The second kappa shape index (κ2) is 8.22. The van der Waals surface area contributed by atoms with Crippen molar-refractivity contribution < 1.29 is 19.7 Å². The molecule has 24 heavy (non-hydrogen) atoms. The van der Waals surface area contributed by atoms with Crippen LogP contribution in [0.3, 0.4) is 0 Å². The molecule has 4 nitrogen and oxygen atoms in total. The van der Waals surface area contributed by atoms with E-state index in [4.69, 9.17) is 9.47 Å². The van der Waals surface area contributed by atoms with E-state index in [1.807, 2.05) is 60.7 Å². The van der Waals surface area contributed by atoms with Gasteiger partial charge in [0.1, 0.15) is 24.4 Å². The van der Waals surface area contributed by atoms with Crippen LogP contribution < -0.4 is 0 Å². The molecule has 0 spiro atoms. The summed E-state index contributed by atoms with van der Waals surface area (Å²) in [4.78, 5) is 0. The summed E-state index contributed by atoms with van der Waals surface area (Å²) in [6, 6.07) is 19.5. The van der Waals surface area contributed by atoms with Crippen LogP contribution in [0.25, 0.3) is 0 Å². The Kier molecular flexibility index (Phi) is 5.77. The van der Waals surface area contributed by atoms with Crippen molar-refractivity contribution in [3.8, 4) is 0 Å². The van der Waals surface area contributed by atoms with Gasteiger partial charge in [-0.1, -0.05) is 72.8 Å². The second-order valence-electron chi connectivity index (χ2n) is 5.89. The van der Waals surface area contributed by atoms with E-state index in [1.165, 1.54) is 0 Å². The lowest BCUT2D eigenvalue weighted by Gasteiger charge is -2.34. The molecular weight excluding hydrogens is 304 g/mol. The van der Waals surface area contributed by atoms with Crippen molar-refractivity contribution >= 4 is 0 Å². The van der Waals surface area contributed by atoms with Crippen molar-refractivity contribution in [1.29, 1.82) is 0 Å². The first-order valence-electron chi connectivity index (χ1n) is 8.09. The highest BCUT2D eigenvalue weighted by atomic mass is 16.5. The van der Waals surface area contributed by atoms with E-state index in [1.54, 1.807) is 12.2 Å². The van der Waals surface area contributed by atoms with Crippen LogP contribution in [0.4, 0.5) is 0 Å². The van der Waals surface area contributed by atoms with Crippen molar-refractivity contribution in [2.24, 2.45) is 0 Å². The lowest BCUT2D eigenvalue weighted by atomic mass is 9.96. The Hall–Kier alpha value is -1.98. The quantitative estimate of drug-likeness (QED) is 0.801. The van der Waals surface area contributed by atoms with E-state index < -0.39 is 24.4 Å². The Morgan fingerprint density at radius 1 is 0.708 bits per heavy atom. The molecule has 1 aliphatic carbocycles. The minimum absolute atomic E-state index is 0.332. The molecule has 0 heterocycles. The topological polar surface area (TPSA) is 58.9 Å². The normalized spacial score (nSPS) is 26.4. The lowest BCUT2D eigenvalue weighted by molar-refractivity contribution is -0.141. The van der Waals surface area contributed by atoms with E-state index in [2.05, 4.69) is 0 Å². The van der Waals surface area contributed by atoms with Gasteiger partial charge in [0.2, 0.25) is 0 Å². The fourth-order valence-corrected chi connectivity index (χ4v) is 2.72. The van der Waals surface area contributed by atoms with Crippen LogP contribution in [-0.2, 0) is 22.7 Å². The predicted octanol–water partition coefficient (Wildman–Crippen LogP) is 2.45. The summed E-state index contributed by atoms with van der Waals surface area (Å²) >= 11 is 0. The monoisotopic (exact) mass is 326 g/mol. The standard InChI is InChI=1S/C20H22O4/c21-17-11-12-18(23-13-15-7-3-1-4-8-15)19(22)20(17)24-14-16-9-5-2-6-10-16/h1-12,17-22H,13-14H2/t17-,18-,19+,20+/m0/s1. The first-order chi connectivity index (χ1) is 11.7. The van der Waals surface area contributed by atoms with E-state index in [0.29, 0.717) is 13.2 Å². The molecule has 3 rings (SSSR count). The molecule has 2 aromatic carbocycles. The van der Waals surface area contributed by atoms with Crippen LogP contribution in [0, 0.1) is 0 Å². The molecule has 126 valence electrons. The van der Waals surface area contributed by atoms with Gasteiger partial charge in [0.25, 0.3) is 0 Å². The molecule has 0 amide bonds. The van der Waals surface area contributed by atoms with E-state index in [0.717, 1.165) is 11.1 Å². The van der Waals surface area contributed by atoms with Gasteiger partial charge in [-0.3, -0.25) is 0 Å². The Labute approximate surface area is 142 Å². The summed E-state index contributed by atoms with van der Waals surface area (Å²) in [6.07, 6.45) is 0.335. The fourth-order valence-electron chi connectivity index (χ4n) is 2.72. The molecule has 0 saturated heterocycles. The third-order valence-electron chi connectivity index (χ3n) is 4.08. The highest BCUT2D eigenvalue weighted by Gasteiger charge is 2.35. The molecule has 1 aliphatic rings. The molecule has 0 bridgehead atoms. The highest BCUT2D eigenvalue weighted by Crippen LogP contribution is 2.21. The zero-order valence-electron chi connectivity index (χ0n) is 13.4. The average molecular weight is 326 g/mol.